The maximum atomic E-state index is 12.7. The second kappa shape index (κ2) is 5.58. The number of benzene rings is 4. The number of phosphoric acid groups is 1. The largest absolute Gasteiger partial charge is 0.615 e. The van der Waals surface area contributed by atoms with E-state index in [9.17, 15) is 4.57 Å². The summed E-state index contributed by atoms with van der Waals surface area (Å²) in [5.74, 6) is 0.660. The van der Waals surface area contributed by atoms with Crippen LogP contribution in [0.1, 0.15) is 0 Å². The molecule has 0 atom stereocenters. The van der Waals surface area contributed by atoms with Crippen molar-refractivity contribution in [3.63, 3.8) is 0 Å². The summed E-state index contributed by atoms with van der Waals surface area (Å²) >= 11 is 0. The van der Waals surface area contributed by atoms with E-state index in [0.29, 0.717) is 11.5 Å². The molecular weight excluding hydrogens is 351 g/mol. The van der Waals surface area contributed by atoms with E-state index in [1.165, 1.54) is 0 Å². The molecule has 6 heteroatoms. The van der Waals surface area contributed by atoms with Crippen molar-refractivity contribution in [2.75, 3.05) is 0 Å². The molecule has 4 aromatic carbocycles. The van der Waals surface area contributed by atoms with Crippen LogP contribution in [0.15, 0.2) is 72.8 Å². The van der Waals surface area contributed by atoms with Crippen molar-refractivity contribution in [3.8, 4) is 22.6 Å². The maximum absolute atomic E-state index is 12.7. The van der Waals surface area contributed by atoms with Gasteiger partial charge in [0.2, 0.25) is 0 Å². The standard InChI is InChI=1S/C20H13O5P/c21-25-26(22)23-17-11-9-13-5-1-3-7-15(13)19(17)20-16-8-4-2-6-14(16)10-12-18(20)24-26/h1-12,21H. The second-order valence-corrected chi connectivity index (χ2v) is 7.45. The van der Waals surface area contributed by atoms with E-state index in [1.54, 1.807) is 12.1 Å². The molecule has 0 unspecified atom stereocenters. The van der Waals surface area contributed by atoms with Gasteiger partial charge in [0, 0.05) is 11.1 Å². The number of hydrogen-bond donors (Lipinski definition) is 1. The van der Waals surface area contributed by atoms with E-state index in [0.717, 1.165) is 32.7 Å². The van der Waals surface area contributed by atoms with E-state index in [2.05, 4.69) is 4.67 Å². The summed E-state index contributed by atoms with van der Waals surface area (Å²) in [7, 11) is -4.20. The molecule has 0 spiro atoms. The zero-order valence-corrected chi connectivity index (χ0v) is 14.4. The number of hydrogen-bond acceptors (Lipinski definition) is 5. The van der Waals surface area contributed by atoms with Gasteiger partial charge in [0.25, 0.3) is 0 Å². The average Bonchev–Trinajstić information content (AvgIpc) is 2.82. The zero-order valence-electron chi connectivity index (χ0n) is 13.5. The van der Waals surface area contributed by atoms with Gasteiger partial charge in [-0.1, -0.05) is 60.7 Å². The lowest BCUT2D eigenvalue weighted by Crippen LogP contribution is -2.01. The van der Waals surface area contributed by atoms with Gasteiger partial charge in [-0.15, -0.1) is 4.67 Å². The first-order valence-corrected chi connectivity index (χ1v) is 9.51. The molecule has 0 radical (unpaired) electrons. The van der Waals surface area contributed by atoms with Crippen LogP contribution >= 0.6 is 7.82 Å². The molecule has 26 heavy (non-hydrogen) atoms. The molecule has 4 aromatic rings. The highest BCUT2D eigenvalue weighted by atomic mass is 31.2. The summed E-state index contributed by atoms with van der Waals surface area (Å²) in [5.41, 5.74) is 1.51. The Morgan fingerprint density at radius 2 is 1.15 bits per heavy atom. The first-order chi connectivity index (χ1) is 12.7. The molecule has 1 aliphatic rings. The lowest BCUT2D eigenvalue weighted by molar-refractivity contribution is -0.154. The molecule has 0 amide bonds. The molecule has 0 aliphatic carbocycles. The molecule has 0 bridgehead atoms. The molecule has 0 fully saturated rings. The van der Waals surface area contributed by atoms with Gasteiger partial charge >= 0.3 is 7.82 Å². The van der Waals surface area contributed by atoms with Gasteiger partial charge in [-0.2, -0.15) is 0 Å². The Morgan fingerprint density at radius 3 is 1.62 bits per heavy atom. The van der Waals surface area contributed by atoms with E-state index < -0.39 is 7.82 Å². The predicted octanol–water partition coefficient (Wildman–Crippen LogP) is 6.03. The quantitative estimate of drug-likeness (QED) is 0.254. The van der Waals surface area contributed by atoms with Gasteiger partial charge in [-0.3, -0.25) is 0 Å². The Bertz CT molecular complexity index is 1130. The minimum Gasteiger partial charge on any atom is -0.393 e. The molecule has 128 valence electrons. The van der Waals surface area contributed by atoms with Gasteiger partial charge in [0.15, 0.2) is 0 Å². The van der Waals surface area contributed by atoms with Crippen LogP contribution in [0, 0.1) is 0 Å². The van der Waals surface area contributed by atoms with Crippen LogP contribution in [0.5, 0.6) is 11.5 Å². The molecule has 1 heterocycles. The van der Waals surface area contributed by atoms with Crippen LogP contribution in [0.25, 0.3) is 32.7 Å². The third kappa shape index (κ3) is 2.22. The van der Waals surface area contributed by atoms with Crippen LogP contribution in [0.3, 0.4) is 0 Å². The Balaban J connectivity index is 2.00. The van der Waals surface area contributed by atoms with Crippen molar-refractivity contribution >= 4 is 29.4 Å². The van der Waals surface area contributed by atoms with Crippen LogP contribution in [0.4, 0.5) is 0 Å². The summed E-state index contributed by atoms with van der Waals surface area (Å²) < 4.78 is 27.8. The molecule has 1 N–H and O–H groups in total. The van der Waals surface area contributed by atoms with Gasteiger partial charge in [-0.05, 0) is 33.7 Å². The van der Waals surface area contributed by atoms with E-state index in [1.807, 2.05) is 60.7 Å². The summed E-state index contributed by atoms with van der Waals surface area (Å²) in [5, 5.41) is 13.0. The molecule has 5 nitrogen and oxygen atoms in total. The summed E-state index contributed by atoms with van der Waals surface area (Å²) in [6.07, 6.45) is 0. The number of rotatable bonds is 1. The van der Waals surface area contributed by atoms with Crippen LogP contribution in [-0.2, 0) is 9.24 Å². The Hall–Kier alpha value is -2.85. The monoisotopic (exact) mass is 364 g/mol. The van der Waals surface area contributed by atoms with E-state index >= 15 is 0 Å². The Morgan fingerprint density at radius 1 is 0.692 bits per heavy atom. The lowest BCUT2D eigenvalue weighted by Gasteiger charge is -2.13. The predicted molar refractivity (Wildman–Crippen MR) is 99.5 cm³/mol. The van der Waals surface area contributed by atoms with E-state index in [-0.39, 0.29) is 0 Å². The van der Waals surface area contributed by atoms with Crippen molar-refractivity contribution in [2.24, 2.45) is 0 Å². The van der Waals surface area contributed by atoms with Crippen LogP contribution in [0.2, 0.25) is 0 Å². The summed E-state index contributed by atoms with van der Waals surface area (Å²) in [6.45, 7) is 0. The summed E-state index contributed by atoms with van der Waals surface area (Å²) in [4.78, 5) is 0. The number of fused-ring (bicyclic) bond motifs is 7. The smallest absolute Gasteiger partial charge is 0.393 e. The van der Waals surface area contributed by atoms with Gasteiger partial charge < -0.3 is 9.05 Å². The first kappa shape index (κ1) is 15.4. The average molecular weight is 364 g/mol. The van der Waals surface area contributed by atoms with Crippen molar-refractivity contribution in [1.29, 1.82) is 0 Å². The number of phosphoric ester groups is 1. The minimum atomic E-state index is -4.20. The fraction of sp³-hybridized carbons (Fsp3) is 0. The van der Waals surface area contributed by atoms with Crippen molar-refractivity contribution in [2.45, 2.75) is 0 Å². The molecule has 0 aromatic heterocycles. The SMILES string of the molecule is O=P1(OO)Oc2ccc3ccccc3c2-c2c(ccc3ccccc23)O1. The summed E-state index contributed by atoms with van der Waals surface area (Å²) in [6, 6.07) is 22.9. The van der Waals surface area contributed by atoms with E-state index in [4.69, 9.17) is 14.3 Å². The molecule has 5 rings (SSSR count). The van der Waals surface area contributed by atoms with Crippen LogP contribution in [-0.4, -0.2) is 5.26 Å². The fourth-order valence-corrected chi connectivity index (χ4v) is 4.35. The van der Waals surface area contributed by atoms with Crippen LogP contribution < -0.4 is 9.05 Å². The fourth-order valence-electron chi connectivity index (χ4n) is 3.46. The van der Waals surface area contributed by atoms with Gasteiger partial charge in [-0.25, -0.2) is 9.82 Å². The molecule has 0 saturated carbocycles. The van der Waals surface area contributed by atoms with Gasteiger partial charge in [0.05, 0.1) is 0 Å². The molecule has 1 aliphatic heterocycles. The normalized spacial score (nSPS) is 14.8. The highest BCUT2D eigenvalue weighted by Crippen LogP contribution is 2.58. The van der Waals surface area contributed by atoms with Gasteiger partial charge in [0.1, 0.15) is 11.5 Å². The maximum Gasteiger partial charge on any atom is 0.615 e. The second-order valence-electron chi connectivity index (χ2n) is 6.03. The third-order valence-corrected chi connectivity index (χ3v) is 5.59. The highest BCUT2D eigenvalue weighted by molar-refractivity contribution is 7.49. The lowest BCUT2D eigenvalue weighted by atomic mass is 9.92. The van der Waals surface area contributed by atoms with Crippen molar-refractivity contribution in [1.82, 2.24) is 0 Å². The topological polar surface area (TPSA) is 65.0 Å². The van der Waals surface area contributed by atoms with Crippen molar-refractivity contribution < 1.29 is 23.5 Å². The Labute approximate surface area is 148 Å². The molecule has 0 saturated heterocycles. The zero-order chi connectivity index (χ0) is 17.7. The van der Waals surface area contributed by atoms with Crippen molar-refractivity contribution in [3.05, 3.63) is 72.8 Å². The Kier molecular flexibility index (Phi) is 3.31. The molecular formula is C20H13O5P. The highest BCUT2D eigenvalue weighted by Gasteiger charge is 2.37. The third-order valence-electron chi connectivity index (χ3n) is 4.55. The minimum absolute atomic E-state index is 0.330. The first-order valence-electron chi connectivity index (χ1n) is 8.05.